The second-order valence-electron chi connectivity index (χ2n) is 11.2. The Kier molecular flexibility index (Phi) is 10.3. The number of carbonyl (C=O) groups excluding carboxylic acids is 2. The predicted octanol–water partition coefficient (Wildman–Crippen LogP) is 6.33. The summed E-state index contributed by atoms with van der Waals surface area (Å²) in [6.07, 6.45) is 5.14. The molecule has 0 aromatic heterocycles. The van der Waals surface area contributed by atoms with Crippen molar-refractivity contribution < 1.29 is 18.0 Å². The van der Waals surface area contributed by atoms with Crippen molar-refractivity contribution in [1.29, 1.82) is 0 Å². The van der Waals surface area contributed by atoms with Crippen LogP contribution in [0.15, 0.2) is 71.6 Å². The Hall–Kier alpha value is -3.36. The van der Waals surface area contributed by atoms with Crippen LogP contribution in [0.1, 0.15) is 61.3 Å². The smallest absolute Gasteiger partial charge is 0.264 e. The molecule has 1 fully saturated rings. The van der Waals surface area contributed by atoms with E-state index in [1.165, 1.54) is 29.2 Å². The number of rotatable bonds is 10. The van der Waals surface area contributed by atoms with E-state index in [0.29, 0.717) is 10.7 Å². The second kappa shape index (κ2) is 13.7. The van der Waals surface area contributed by atoms with Crippen LogP contribution in [0.5, 0.6) is 0 Å². The first-order valence-corrected chi connectivity index (χ1v) is 16.3. The van der Waals surface area contributed by atoms with E-state index in [0.717, 1.165) is 58.7 Å². The number of hydrogen-bond donors (Lipinski definition) is 1. The van der Waals surface area contributed by atoms with E-state index in [1.54, 1.807) is 19.1 Å². The van der Waals surface area contributed by atoms with Crippen molar-refractivity contribution in [3.8, 4) is 0 Å². The average Bonchev–Trinajstić information content (AvgIpc) is 2.97. The maximum atomic E-state index is 14.2. The van der Waals surface area contributed by atoms with Crippen molar-refractivity contribution in [2.24, 2.45) is 0 Å². The van der Waals surface area contributed by atoms with Gasteiger partial charge in [0.15, 0.2) is 0 Å². The highest BCUT2D eigenvalue weighted by Crippen LogP contribution is 2.27. The van der Waals surface area contributed by atoms with Crippen LogP contribution in [0.2, 0.25) is 5.02 Å². The minimum absolute atomic E-state index is 0.0199. The molecule has 0 heterocycles. The molecular formula is C33H40ClN3O4S. The van der Waals surface area contributed by atoms with Gasteiger partial charge >= 0.3 is 0 Å². The van der Waals surface area contributed by atoms with Crippen LogP contribution in [-0.2, 0) is 26.2 Å². The highest BCUT2D eigenvalue weighted by molar-refractivity contribution is 7.92. The van der Waals surface area contributed by atoms with E-state index in [-0.39, 0.29) is 23.4 Å². The van der Waals surface area contributed by atoms with Crippen molar-refractivity contribution in [3.05, 3.63) is 94.0 Å². The van der Waals surface area contributed by atoms with E-state index in [4.69, 9.17) is 11.6 Å². The topological polar surface area (TPSA) is 86.8 Å². The van der Waals surface area contributed by atoms with Crippen LogP contribution >= 0.6 is 11.6 Å². The highest BCUT2D eigenvalue weighted by atomic mass is 35.5. The zero-order chi connectivity index (χ0) is 30.4. The Morgan fingerprint density at radius 1 is 0.905 bits per heavy atom. The standard InChI is InChI=1S/C33H40ClN3O4S/c1-23-14-17-30(20-25(23)3)37(42(40,41)31-18-15-28(34)16-19-31)22-32(38)36(21-27-11-9-8-10-24(27)2)26(4)33(39)35-29-12-6-5-7-13-29/h8-11,14-20,26,29H,5-7,12-13,21-22H2,1-4H3,(H,35,39)/t26-/m1/s1. The molecule has 42 heavy (non-hydrogen) atoms. The van der Waals surface area contributed by atoms with Crippen LogP contribution in [0.25, 0.3) is 0 Å². The summed E-state index contributed by atoms with van der Waals surface area (Å²) in [5, 5.41) is 3.54. The summed E-state index contributed by atoms with van der Waals surface area (Å²) in [4.78, 5) is 29.2. The molecule has 3 aromatic rings. The molecular weight excluding hydrogens is 570 g/mol. The SMILES string of the molecule is Cc1ccc(N(CC(=O)N(Cc2ccccc2C)[C@H](C)C(=O)NC2CCCCC2)S(=O)(=O)c2ccc(Cl)cc2)cc1C. The van der Waals surface area contributed by atoms with Crippen molar-refractivity contribution >= 4 is 39.1 Å². The van der Waals surface area contributed by atoms with Crippen LogP contribution in [-0.4, -0.2) is 43.8 Å². The molecule has 1 N–H and O–H groups in total. The number of halogens is 1. The fraction of sp³-hybridized carbons (Fsp3) is 0.394. The molecule has 0 spiro atoms. The lowest BCUT2D eigenvalue weighted by Gasteiger charge is -2.33. The zero-order valence-corrected chi connectivity index (χ0v) is 26.3. The molecule has 0 bridgehead atoms. The summed E-state index contributed by atoms with van der Waals surface area (Å²) in [5.41, 5.74) is 4.14. The van der Waals surface area contributed by atoms with Crippen LogP contribution in [0, 0.1) is 20.8 Å². The lowest BCUT2D eigenvalue weighted by Crippen LogP contribution is -2.53. The molecule has 1 aliphatic rings. The monoisotopic (exact) mass is 609 g/mol. The Labute approximate surface area is 254 Å². The number of aryl methyl sites for hydroxylation is 3. The van der Waals surface area contributed by atoms with E-state index in [9.17, 15) is 18.0 Å². The molecule has 7 nitrogen and oxygen atoms in total. The normalized spacial score (nSPS) is 14.7. The number of nitrogens with one attached hydrogen (secondary N) is 1. The molecule has 0 saturated heterocycles. The minimum Gasteiger partial charge on any atom is -0.352 e. The summed E-state index contributed by atoms with van der Waals surface area (Å²) in [6.45, 7) is 7.21. The number of anilines is 1. The first-order chi connectivity index (χ1) is 20.0. The lowest BCUT2D eigenvalue weighted by atomic mass is 9.95. The molecule has 0 unspecified atom stereocenters. The van der Waals surface area contributed by atoms with Gasteiger partial charge in [-0.15, -0.1) is 0 Å². The Morgan fingerprint density at radius 3 is 2.21 bits per heavy atom. The van der Waals surface area contributed by atoms with Crippen LogP contribution < -0.4 is 9.62 Å². The van der Waals surface area contributed by atoms with Gasteiger partial charge < -0.3 is 10.2 Å². The molecule has 2 amide bonds. The van der Waals surface area contributed by atoms with Gasteiger partial charge in [-0.2, -0.15) is 0 Å². The zero-order valence-electron chi connectivity index (χ0n) is 24.8. The third kappa shape index (κ3) is 7.53. The predicted molar refractivity (Wildman–Crippen MR) is 168 cm³/mol. The van der Waals surface area contributed by atoms with E-state index in [1.807, 2.05) is 51.1 Å². The number of nitrogens with zero attached hydrogens (tertiary/aromatic N) is 2. The number of sulfonamides is 1. The van der Waals surface area contributed by atoms with Gasteiger partial charge in [-0.05, 0) is 99.2 Å². The maximum Gasteiger partial charge on any atom is 0.264 e. The molecule has 0 aliphatic heterocycles. The third-order valence-electron chi connectivity index (χ3n) is 8.18. The van der Waals surface area contributed by atoms with Crippen molar-refractivity contribution in [2.75, 3.05) is 10.8 Å². The number of amides is 2. The maximum absolute atomic E-state index is 14.2. The molecule has 1 aliphatic carbocycles. The highest BCUT2D eigenvalue weighted by Gasteiger charge is 2.33. The molecule has 1 atom stereocenters. The van der Waals surface area contributed by atoms with Gasteiger partial charge in [0.2, 0.25) is 11.8 Å². The minimum atomic E-state index is -4.15. The summed E-state index contributed by atoms with van der Waals surface area (Å²) in [5.74, 6) is -0.706. The van der Waals surface area contributed by atoms with Gasteiger partial charge in [-0.3, -0.25) is 13.9 Å². The average molecular weight is 610 g/mol. The van der Waals surface area contributed by atoms with Gasteiger partial charge in [0.1, 0.15) is 12.6 Å². The summed E-state index contributed by atoms with van der Waals surface area (Å²) in [6, 6.07) is 18.2. The van der Waals surface area contributed by atoms with Crippen LogP contribution in [0.3, 0.4) is 0 Å². The largest absolute Gasteiger partial charge is 0.352 e. The summed E-state index contributed by atoms with van der Waals surface area (Å²) >= 11 is 6.04. The van der Waals surface area contributed by atoms with Gasteiger partial charge in [0.05, 0.1) is 10.6 Å². The number of carbonyl (C=O) groups is 2. The Balaban J connectivity index is 1.70. The van der Waals surface area contributed by atoms with Gasteiger partial charge in [0, 0.05) is 17.6 Å². The molecule has 224 valence electrons. The van der Waals surface area contributed by atoms with E-state index in [2.05, 4.69) is 5.32 Å². The fourth-order valence-corrected chi connectivity index (χ4v) is 6.80. The quantitative estimate of drug-likeness (QED) is 0.291. The van der Waals surface area contributed by atoms with Gasteiger partial charge in [0.25, 0.3) is 10.0 Å². The Morgan fingerprint density at radius 2 is 1.57 bits per heavy atom. The first-order valence-electron chi connectivity index (χ1n) is 14.5. The van der Waals surface area contributed by atoms with Gasteiger partial charge in [-0.25, -0.2) is 8.42 Å². The van der Waals surface area contributed by atoms with E-state index >= 15 is 0 Å². The van der Waals surface area contributed by atoms with Crippen LogP contribution in [0.4, 0.5) is 5.69 Å². The molecule has 0 radical (unpaired) electrons. The summed E-state index contributed by atoms with van der Waals surface area (Å²) in [7, 11) is -4.15. The first kappa shape index (κ1) is 31.6. The second-order valence-corrected chi connectivity index (χ2v) is 13.5. The third-order valence-corrected chi connectivity index (χ3v) is 10.2. The van der Waals surface area contributed by atoms with Crippen molar-refractivity contribution in [3.63, 3.8) is 0 Å². The summed E-state index contributed by atoms with van der Waals surface area (Å²) < 4.78 is 29.1. The molecule has 3 aromatic carbocycles. The Bertz CT molecular complexity index is 1520. The molecule has 9 heteroatoms. The number of hydrogen-bond acceptors (Lipinski definition) is 4. The fourth-order valence-electron chi connectivity index (χ4n) is 5.27. The van der Waals surface area contributed by atoms with E-state index < -0.39 is 28.5 Å². The molecule has 1 saturated carbocycles. The van der Waals surface area contributed by atoms with Gasteiger partial charge in [-0.1, -0.05) is 61.2 Å². The molecule has 4 rings (SSSR count). The number of benzene rings is 3. The van der Waals surface area contributed by atoms with Crippen molar-refractivity contribution in [2.45, 2.75) is 83.3 Å². The lowest BCUT2D eigenvalue weighted by molar-refractivity contribution is -0.139. The van der Waals surface area contributed by atoms with Crippen molar-refractivity contribution in [1.82, 2.24) is 10.2 Å².